The SMILES string of the molecule is CCCCC[SiH]1CCC([CH2][Mg][Br])CC1. The number of hydrogen-bond acceptors (Lipinski definition) is 0. The molecule has 0 spiro atoms. The smallest absolute Gasteiger partial charge is 0.307 e. The third-order valence-electron chi connectivity index (χ3n) is 3.70. The quantitative estimate of drug-likeness (QED) is 0.506. The van der Waals surface area contributed by atoms with Crippen molar-refractivity contribution < 1.29 is 0 Å². The molecule has 80 valence electrons. The summed E-state index contributed by atoms with van der Waals surface area (Å²) in [6.45, 7) is 2.32. The second-order valence-corrected chi connectivity index (χ2v) is 11.7. The summed E-state index contributed by atoms with van der Waals surface area (Å²) >= 11 is 3.86. The Labute approximate surface area is 107 Å². The molecule has 0 unspecified atom stereocenters. The van der Waals surface area contributed by atoms with E-state index >= 15 is 0 Å². The first-order chi connectivity index (χ1) is 6.86. The van der Waals surface area contributed by atoms with Crippen molar-refractivity contribution in [1.29, 1.82) is 0 Å². The van der Waals surface area contributed by atoms with Crippen molar-refractivity contribution in [2.24, 2.45) is 5.92 Å². The van der Waals surface area contributed by atoms with Crippen molar-refractivity contribution in [3.05, 3.63) is 0 Å². The maximum Gasteiger partial charge on any atom is 0.468 e. The maximum absolute atomic E-state index is 3.70. The van der Waals surface area contributed by atoms with Gasteiger partial charge in [-0.05, 0) is 0 Å². The number of hydrogen-bond donors (Lipinski definition) is 0. The molecule has 1 heterocycles. The second kappa shape index (κ2) is 8.60. The van der Waals surface area contributed by atoms with Gasteiger partial charge in [-0.2, -0.15) is 0 Å². The van der Waals surface area contributed by atoms with Crippen LogP contribution in [0.25, 0.3) is 0 Å². The molecule has 14 heavy (non-hydrogen) atoms. The van der Waals surface area contributed by atoms with Crippen LogP contribution in [0, 0.1) is 5.92 Å². The van der Waals surface area contributed by atoms with Gasteiger partial charge >= 0.3 is 18.2 Å². The van der Waals surface area contributed by atoms with Gasteiger partial charge in [0, 0.05) is 8.80 Å². The van der Waals surface area contributed by atoms with E-state index in [-0.39, 0.29) is 27.0 Å². The van der Waals surface area contributed by atoms with Gasteiger partial charge in [0.2, 0.25) is 0 Å². The Morgan fingerprint density at radius 3 is 2.57 bits per heavy atom. The minimum absolute atomic E-state index is 0.161. The zero-order chi connectivity index (χ0) is 10.2. The molecule has 0 bridgehead atoms. The summed E-state index contributed by atoms with van der Waals surface area (Å²) in [4.78, 5) is 0. The van der Waals surface area contributed by atoms with Gasteiger partial charge in [0.15, 0.2) is 0 Å². The van der Waals surface area contributed by atoms with Crippen molar-refractivity contribution in [3.63, 3.8) is 0 Å². The number of halogens is 1. The van der Waals surface area contributed by atoms with E-state index in [0.29, 0.717) is 0 Å². The highest BCUT2D eigenvalue weighted by Gasteiger charge is 2.21. The first-order valence-corrected chi connectivity index (χ1v) is 13.8. The highest BCUT2D eigenvalue weighted by molar-refractivity contribution is 9.23. The van der Waals surface area contributed by atoms with Crippen LogP contribution >= 0.6 is 12.9 Å². The summed E-state index contributed by atoms with van der Waals surface area (Å²) in [7, 11) is -0.221. The zero-order valence-corrected chi connectivity index (χ0v) is 13.8. The fraction of sp³-hybridized carbons (Fsp3) is 1.00. The molecule has 0 N–H and O–H groups in total. The molecule has 0 aromatic heterocycles. The average Bonchev–Trinajstić information content (AvgIpc) is 2.21. The molecule has 0 nitrogen and oxygen atoms in total. The molecule has 0 aliphatic carbocycles. The average molecular weight is 288 g/mol. The van der Waals surface area contributed by atoms with Crippen LogP contribution in [0.2, 0.25) is 22.7 Å². The van der Waals surface area contributed by atoms with Crippen LogP contribution in [0.15, 0.2) is 0 Å². The molecule has 1 aliphatic heterocycles. The van der Waals surface area contributed by atoms with E-state index in [0.717, 1.165) is 5.92 Å². The molecule has 1 aliphatic rings. The van der Waals surface area contributed by atoms with Gasteiger partial charge in [0.1, 0.15) is 0 Å². The summed E-state index contributed by atoms with van der Waals surface area (Å²) < 4.78 is 1.57. The van der Waals surface area contributed by atoms with Crippen LogP contribution in [0.3, 0.4) is 0 Å². The molecular formula is C11H23BrMgSi. The Morgan fingerprint density at radius 1 is 1.29 bits per heavy atom. The predicted molar refractivity (Wildman–Crippen MR) is 73.3 cm³/mol. The van der Waals surface area contributed by atoms with E-state index in [9.17, 15) is 0 Å². The topological polar surface area (TPSA) is 0 Å². The Bertz CT molecular complexity index is 135. The van der Waals surface area contributed by atoms with Crippen molar-refractivity contribution in [1.82, 2.24) is 0 Å². The Hall–Kier alpha value is 1.46. The highest BCUT2D eigenvalue weighted by atomic mass is 79.9. The molecule has 0 radical (unpaired) electrons. The monoisotopic (exact) mass is 286 g/mol. The molecule has 1 fully saturated rings. The largest absolute Gasteiger partial charge is 0.468 e. The van der Waals surface area contributed by atoms with Crippen molar-refractivity contribution >= 4 is 39.9 Å². The number of unbranched alkanes of at least 4 members (excludes halogenated alkanes) is 2. The molecule has 0 aromatic rings. The Balaban J connectivity index is 2.03. The van der Waals surface area contributed by atoms with E-state index in [1.165, 1.54) is 12.8 Å². The fourth-order valence-electron chi connectivity index (χ4n) is 2.65. The predicted octanol–water partition coefficient (Wildman–Crippen LogP) is 4.25. The van der Waals surface area contributed by atoms with E-state index in [2.05, 4.69) is 19.8 Å². The van der Waals surface area contributed by atoms with Crippen LogP contribution in [0.1, 0.15) is 39.0 Å². The van der Waals surface area contributed by atoms with Crippen LogP contribution in [-0.2, 0) is 0 Å². The van der Waals surface area contributed by atoms with E-state index in [1.807, 2.05) is 0 Å². The summed E-state index contributed by atoms with van der Waals surface area (Å²) in [6.07, 6.45) is 7.63. The van der Waals surface area contributed by atoms with Gasteiger partial charge in [0.05, 0.1) is 0 Å². The highest BCUT2D eigenvalue weighted by Crippen LogP contribution is 2.30. The van der Waals surface area contributed by atoms with Crippen LogP contribution in [-0.4, -0.2) is 27.0 Å². The molecule has 1 rings (SSSR count). The molecular weight excluding hydrogens is 264 g/mol. The van der Waals surface area contributed by atoms with Gasteiger partial charge in [-0.25, -0.2) is 0 Å². The standard InChI is InChI=1S/C11H23Si.BrH.Mg/c1-3-4-5-8-12-9-6-11(2)7-10-12;;/h11-12H,2-10H2,1H3;1H;/q;;+1/p-1. The van der Waals surface area contributed by atoms with Crippen LogP contribution < -0.4 is 0 Å². The van der Waals surface area contributed by atoms with Gasteiger partial charge < -0.3 is 12.9 Å². The third-order valence-corrected chi connectivity index (χ3v) is 9.63. The van der Waals surface area contributed by atoms with E-state index < -0.39 is 0 Å². The van der Waals surface area contributed by atoms with Gasteiger partial charge in [0.25, 0.3) is 0 Å². The summed E-state index contributed by atoms with van der Waals surface area (Å²) in [5.74, 6) is 1.14. The van der Waals surface area contributed by atoms with Crippen molar-refractivity contribution in [3.8, 4) is 0 Å². The van der Waals surface area contributed by atoms with E-state index in [1.54, 1.807) is 41.9 Å². The lowest BCUT2D eigenvalue weighted by Crippen LogP contribution is -2.21. The molecule has 3 heteroatoms. The van der Waals surface area contributed by atoms with Crippen LogP contribution in [0.4, 0.5) is 0 Å². The second-order valence-electron chi connectivity index (χ2n) is 4.86. The van der Waals surface area contributed by atoms with Gasteiger partial charge in [-0.15, -0.1) is 4.55 Å². The number of rotatable bonds is 6. The lowest BCUT2D eigenvalue weighted by Gasteiger charge is -2.27. The van der Waals surface area contributed by atoms with Gasteiger partial charge in [-0.1, -0.05) is 63.1 Å². The first kappa shape index (κ1) is 13.5. The molecule has 1 saturated heterocycles. The molecule has 0 saturated carbocycles. The lowest BCUT2D eigenvalue weighted by atomic mass is 10.1. The molecule has 0 atom stereocenters. The van der Waals surface area contributed by atoms with Crippen molar-refractivity contribution in [2.45, 2.75) is 61.7 Å². The lowest BCUT2D eigenvalue weighted by molar-refractivity contribution is 0.515. The minimum Gasteiger partial charge on any atom is -0.307 e. The molecule has 0 amide bonds. The molecule has 0 aromatic carbocycles. The normalized spacial score (nSPS) is 27.3. The van der Waals surface area contributed by atoms with E-state index in [4.69, 9.17) is 0 Å². The minimum atomic E-state index is -0.221. The van der Waals surface area contributed by atoms with Crippen molar-refractivity contribution in [2.75, 3.05) is 0 Å². The first-order valence-electron chi connectivity index (χ1n) is 6.42. The van der Waals surface area contributed by atoms with Gasteiger partial charge in [-0.3, -0.25) is 0 Å². The Morgan fingerprint density at radius 2 is 2.00 bits per heavy atom. The maximum atomic E-state index is 3.70. The summed E-state index contributed by atoms with van der Waals surface area (Å²) in [6, 6.07) is 5.01. The van der Waals surface area contributed by atoms with Crippen LogP contribution in [0.5, 0.6) is 0 Å². The Kier molecular flexibility index (Phi) is 8.31. The summed E-state index contributed by atoms with van der Waals surface area (Å²) in [5, 5.41) is 0. The fourth-order valence-corrected chi connectivity index (χ4v) is 9.09. The third kappa shape index (κ3) is 5.52. The summed E-state index contributed by atoms with van der Waals surface area (Å²) in [5.41, 5.74) is 0. The zero-order valence-electron chi connectivity index (χ0n) is 9.60.